The van der Waals surface area contributed by atoms with Crippen molar-refractivity contribution in [3.63, 3.8) is 0 Å². The highest BCUT2D eigenvalue weighted by Crippen LogP contribution is 2.16. The molecule has 2 N–H and O–H groups in total. The molecule has 0 heterocycles. The van der Waals surface area contributed by atoms with Crippen LogP contribution in [0.5, 0.6) is 0 Å². The summed E-state index contributed by atoms with van der Waals surface area (Å²) in [6.07, 6.45) is 0.131. The lowest BCUT2D eigenvalue weighted by Crippen LogP contribution is -2.42. The second-order valence-electron chi connectivity index (χ2n) is 4.68. The lowest BCUT2D eigenvalue weighted by atomic mass is 10.1. The summed E-state index contributed by atoms with van der Waals surface area (Å²) < 4.78 is 0. The van der Waals surface area contributed by atoms with Crippen LogP contribution in [0.4, 0.5) is 0 Å². The Morgan fingerprint density at radius 1 is 1.09 bits per heavy atom. The third kappa shape index (κ3) is 4.23. The number of carbonyl (C=O) groups excluding carboxylic acids is 1. The molecule has 2 rings (SSSR count). The fourth-order valence-corrected chi connectivity index (χ4v) is 2.42. The smallest absolute Gasteiger partial charge is 0.326 e. The van der Waals surface area contributed by atoms with Gasteiger partial charge >= 0.3 is 5.97 Å². The fourth-order valence-electron chi connectivity index (χ4n) is 1.98. The second kappa shape index (κ2) is 7.29. The van der Waals surface area contributed by atoms with E-state index in [1.807, 2.05) is 0 Å². The Morgan fingerprint density at radius 2 is 1.82 bits per heavy atom. The second-order valence-corrected chi connectivity index (χ2v) is 5.52. The van der Waals surface area contributed by atoms with Gasteiger partial charge in [-0.1, -0.05) is 47.5 Å². The van der Waals surface area contributed by atoms with Crippen LogP contribution in [0.2, 0.25) is 10.0 Å². The largest absolute Gasteiger partial charge is 0.480 e. The van der Waals surface area contributed by atoms with Crippen molar-refractivity contribution in [1.82, 2.24) is 5.32 Å². The van der Waals surface area contributed by atoms with Crippen LogP contribution >= 0.6 is 23.2 Å². The van der Waals surface area contributed by atoms with Crippen LogP contribution in [0, 0.1) is 0 Å². The fraction of sp³-hybridized carbons (Fsp3) is 0.125. The van der Waals surface area contributed by atoms with E-state index in [2.05, 4.69) is 5.32 Å². The molecule has 0 bridgehead atoms. The lowest BCUT2D eigenvalue weighted by molar-refractivity contribution is -0.139. The van der Waals surface area contributed by atoms with Crippen molar-refractivity contribution in [2.75, 3.05) is 0 Å². The molecule has 6 heteroatoms. The highest BCUT2D eigenvalue weighted by atomic mass is 35.5. The predicted octanol–water partition coefficient (Wildman–Crippen LogP) is 3.42. The maximum Gasteiger partial charge on any atom is 0.326 e. The molecule has 114 valence electrons. The number of aliphatic carboxylic acids is 1. The Kier molecular flexibility index (Phi) is 5.41. The standard InChI is InChI=1S/C16H13Cl2NO3/c17-11-5-3-4-10(8-11)9-14(16(21)22)19-15(20)12-6-1-2-7-13(12)18/h1-8,14H,9H2,(H,19,20)(H,21,22)/t14-/m0/s1. The molecule has 2 aromatic rings. The number of rotatable bonds is 5. The van der Waals surface area contributed by atoms with Gasteiger partial charge in [-0.15, -0.1) is 0 Å². The van der Waals surface area contributed by atoms with Gasteiger partial charge in [-0.25, -0.2) is 4.79 Å². The van der Waals surface area contributed by atoms with E-state index in [4.69, 9.17) is 23.2 Å². The first-order valence-electron chi connectivity index (χ1n) is 6.50. The summed E-state index contributed by atoms with van der Waals surface area (Å²) >= 11 is 11.8. The number of carboxylic acids is 1. The molecule has 22 heavy (non-hydrogen) atoms. The van der Waals surface area contributed by atoms with E-state index in [-0.39, 0.29) is 17.0 Å². The zero-order valence-corrected chi connectivity index (χ0v) is 12.9. The molecule has 0 aliphatic rings. The van der Waals surface area contributed by atoms with Crippen molar-refractivity contribution in [1.29, 1.82) is 0 Å². The molecule has 0 unspecified atom stereocenters. The maximum absolute atomic E-state index is 12.2. The summed E-state index contributed by atoms with van der Waals surface area (Å²) in [5, 5.41) is 12.5. The van der Waals surface area contributed by atoms with E-state index >= 15 is 0 Å². The molecule has 0 saturated heterocycles. The van der Waals surface area contributed by atoms with Crippen LogP contribution in [0.1, 0.15) is 15.9 Å². The first-order valence-corrected chi connectivity index (χ1v) is 7.25. The van der Waals surface area contributed by atoms with Gasteiger partial charge in [0.15, 0.2) is 0 Å². The Bertz CT molecular complexity index is 703. The van der Waals surface area contributed by atoms with Crippen LogP contribution in [0.3, 0.4) is 0 Å². The van der Waals surface area contributed by atoms with Crippen molar-refractivity contribution in [3.05, 3.63) is 69.7 Å². The molecule has 4 nitrogen and oxygen atoms in total. The Hall–Kier alpha value is -2.04. The minimum Gasteiger partial charge on any atom is -0.480 e. The molecule has 0 aliphatic carbocycles. The minimum atomic E-state index is -1.12. The van der Waals surface area contributed by atoms with Gasteiger partial charge in [0.05, 0.1) is 10.6 Å². The third-order valence-corrected chi connectivity index (χ3v) is 3.62. The Balaban J connectivity index is 2.14. The van der Waals surface area contributed by atoms with Crippen LogP contribution < -0.4 is 5.32 Å². The van der Waals surface area contributed by atoms with Crippen LogP contribution in [0.15, 0.2) is 48.5 Å². The highest BCUT2D eigenvalue weighted by molar-refractivity contribution is 6.33. The number of halogens is 2. The van der Waals surface area contributed by atoms with Crippen molar-refractivity contribution >= 4 is 35.1 Å². The summed E-state index contributed by atoms with van der Waals surface area (Å²) in [4.78, 5) is 23.5. The summed E-state index contributed by atoms with van der Waals surface area (Å²) in [6, 6.07) is 12.2. The highest BCUT2D eigenvalue weighted by Gasteiger charge is 2.22. The lowest BCUT2D eigenvalue weighted by Gasteiger charge is -2.15. The van der Waals surface area contributed by atoms with Crippen LogP contribution in [-0.4, -0.2) is 23.0 Å². The molecule has 1 atom stereocenters. The van der Waals surface area contributed by atoms with Gasteiger partial charge < -0.3 is 10.4 Å². The zero-order chi connectivity index (χ0) is 16.1. The number of nitrogens with one attached hydrogen (secondary N) is 1. The molecule has 0 aliphatic heterocycles. The molecule has 0 radical (unpaired) electrons. The quantitative estimate of drug-likeness (QED) is 0.878. The SMILES string of the molecule is O=C(N[C@@H](Cc1cccc(Cl)c1)C(=O)O)c1ccccc1Cl. The van der Waals surface area contributed by atoms with E-state index in [0.717, 1.165) is 5.56 Å². The van der Waals surface area contributed by atoms with E-state index in [0.29, 0.717) is 5.02 Å². The minimum absolute atomic E-state index is 0.131. The van der Waals surface area contributed by atoms with Gasteiger partial charge in [0, 0.05) is 11.4 Å². The van der Waals surface area contributed by atoms with Gasteiger partial charge in [-0.3, -0.25) is 4.79 Å². The van der Waals surface area contributed by atoms with Gasteiger partial charge in [-0.2, -0.15) is 0 Å². The Morgan fingerprint density at radius 3 is 2.45 bits per heavy atom. The van der Waals surface area contributed by atoms with Gasteiger partial charge in [0.1, 0.15) is 6.04 Å². The first-order chi connectivity index (χ1) is 10.5. The van der Waals surface area contributed by atoms with Crippen molar-refractivity contribution in [2.24, 2.45) is 0 Å². The van der Waals surface area contributed by atoms with Crippen molar-refractivity contribution in [2.45, 2.75) is 12.5 Å². The average Bonchev–Trinajstić information content (AvgIpc) is 2.46. The molecule has 1 amide bonds. The zero-order valence-electron chi connectivity index (χ0n) is 11.4. The summed E-state index contributed by atoms with van der Waals surface area (Å²) in [7, 11) is 0. The predicted molar refractivity (Wildman–Crippen MR) is 85.5 cm³/mol. The molecular weight excluding hydrogens is 325 g/mol. The molecule has 0 saturated carbocycles. The summed E-state index contributed by atoms with van der Waals surface area (Å²) in [6.45, 7) is 0. The van der Waals surface area contributed by atoms with Crippen molar-refractivity contribution < 1.29 is 14.7 Å². The third-order valence-electron chi connectivity index (χ3n) is 3.05. The number of carbonyl (C=O) groups is 2. The molecule has 2 aromatic carbocycles. The molecule has 0 spiro atoms. The first kappa shape index (κ1) is 16.3. The maximum atomic E-state index is 12.2. The topological polar surface area (TPSA) is 66.4 Å². The van der Waals surface area contributed by atoms with E-state index in [1.165, 1.54) is 6.07 Å². The number of carboxylic acid groups (broad SMARTS) is 1. The summed E-state index contributed by atoms with van der Waals surface area (Å²) in [5.41, 5.74) is 0.959. The summed E-state index contributed by atoms with van der Waals surface area (Å²) in [5.74, 6) is -1.65. The molecule has 0 fully saturated rings. The molecule has 0 aromatic heterocycles. The number of amides is 1. The van der Waals surface area contributed by atoms with E-state index in [9.17, 15) is 14.7 Å². The van der Waals surface area contributed by atoms with E-state index < -0.39 is 17.9 Å². The molecular formula is C16H13Cl2NO3. The van der Waals surface area contributed by atoms with Gasteiger partial charge in [-0.05, 0) is 29.8 Å². The van der Waals surface area contributed by atoms with Gasteiger partial charge in [0.25, 0.3) is 5.91 Å². The normalized spacial score (nSPS) is 11.7. The Labute approximate surface area is 137 Å². The monoisotopic (exact) mass is 337 g/mol. The number of hydrogen-bond donors (Lipinski definition) is 2. The number of benzene rings is 2. The van der Waals surface area contributed by atoms with Crippen LogP contribution in [-0.2, 0) is 11.2 Å². The average molecular weight is 338 g/mol. The van der Waals surface area contributed by atoms with Crippen LogP contribution in [0.25, 0.3) is 0 Å². The van der Waals surface area contributed by atoms with Crippen molar-refractivity contribution in [3.8, 4) is 0 Å². The van der Waals surface area contributed by atoms with Gasteiger partial charge in [0.2, 0.25) is 0 Å². The van der Waals surface area contributed by atoms with E-state index in [1.54, 1.807) is 42.5 Å². The number of hydrogen-bond acceptors (Lipinski definition) is 2.